The van der Waals surface area contributed by atoms with Gasteiger partial charge in [-0.15, -0.1) is 0 Å². The molecule has 1 saturated heterocycles. The van der Waals surface area contributed by atoms with Gasteiger partial charge < -0.3 is 14.6 Å². The van der Waals surface area contributed by atoms with Crippen LogP contribution in [0.1, 0.15) is 19.3 Å². The molecular formula is C7H14O3. The molecule has 1 heterocycles. The Bertz CT molecular complexity index is 84.9. The standard InChI is InChI=1S/C7H14O3/c1-9-7-4-2-3-6(5-8)10-7/h6-8H,2-5H2,1H3. The van der Waals surface area contributed by atoms with E-state index in [9.17, 15) is 0 Å². The summed E-state index contributed by atoms with van der Waals surface area (Å²) in [7, 11) is 1.63. The quantitative estimate of drug-likeness (QED) is 0.617. The van der Waals surface area contributed by atoms with E-state index in [1.807, 2.05) is 0 Å². The van der Waals surface area contributed by atoms with Crippen molar-refractivity contribution in [3.63, 3.8) is 0 Å². The lowest BCUT2D eigenvalue weighted by Gasteiger charge is -2.27. The zero-order valence-corrected chi connectivity index (χ0v) is 6.25. The molecule has 0 radical (unpaired) electrons. The van der Waals surface area contributed by atoms with Crippen molar-refractivity contribution in [3.8, 4) is 0 Å². The lowest BCUT2D eigenvalue weighted by molar-refractivity contribution is -0.187. The van der Waals surface area contributed by atoms with Gasteiger partial charge in [0.25, 0.3) is 0 Å². The first-order valence-electron chi connectivity index (χ1n) is 3.66. The molecule has 60 valence electrons. The lowest BCUT2D eigenvalue weighted by Crippen LogP contribution is -2.31. The van der Waals surface area contributed by atoms with Crippen molar-refractivity contribution in [2.75, 3.05) is 13.7 Å². The number of hydrogen-bond acceptors (Lipinski definition) is 3. The Kier molecular flexibility index (Phi) is 3.12. The van der Waals surface area contributed by atoms with Gasteiger partial charge >= 0.3 is 0 Å². The molecule has 2 unspecified atom stereocenters. The summed E-state index contributed by atoms with van der Waals surface area (Å²) >= 11 is 0. The maximum absolute atomic E-state index is 8.72. The summed E-state index contributed by atoms with van der Waals surface area (Å²) in [5.41, 5.74) is 0. The molecule has 1 fully saturated rings. The summed E-state index contributed by atoms with van der Waals surface area (Å²) in [6.45, 7) is 0.111. The van der Waals surface area contributed by atoms with Gasteiger partial charge in [-0.3, -0.25) is 0 Å². The second kappa shape index (κ2) is 3.91. The number of rotatable bonds is 2. The average molecular weight is 146 g/mol. The van der Waals surface area contributed by atoms with Crippen molar-refractivity contribution in [1.82, 2.24) is 0 Å². The minimum absolute atomic E-state index is 0.00120. The van der Waals surface area contributed by atoms with Crippen LogP contribution in [0.2, 0.25) is 0 Å². The van der Waals surface area contributed by atoms with Gasteiger partial charge in [0.15, 0.2) is 6.29 Å². The predicted molar refractivity (Wildman–Crippen MR) is 36.6 cm³/mol. The molecule has 3 nitrogen and oxygen atoms in total. The van der Waals surface area contributed by atoms with Gasteiger partial charge in [-0.25, -0.2) is 0 Å². The Morgan fingerprint density at radius 3 is 3.00 bits per heavy atom. The van der Waals surface area contributed by atoms with Gasteiger partial charge in [0.05, 0.1) is 12.7 Å². The van der Waals surface area contributed by atoms with E-state index in [2.05, 4.69) is 0 Å². The molecule has 0 saturated carbocycles. The Morgan fingerprint density at radius 2 is 2.40 bits per heavy atom. The van der Waals surface area contributed by atoms with Crippen molar-refractivity contribution in [1.29, 1.82) is 0 Å². The van der Waals surface area contributed by atoms with E-state index < -0.39 is 0 Å². The SMILES string of the molecule is COC1CCCC(CO)O1. The number of ether oxygens (including phenoxy) is 2. The molecule has 1 rings (SSSR count). The molecule has 1 N–H and O–H groups in total. The third kappa shape index (κ3) is 1.94. The molecule has 0 amide bonds. The van der Waals surface area contributed by atoms with Crippen molar-refractivity contribution < 1.29 is 14.6 Å². The molecule has 1 aliphatic rings. The van der Waals surface area contributed by atoms with E-state index in [0.29, 0.717) is 0 Å². The van der Waals surface area contributed by atoms with Crippen LogP contribution in [0.5, 0.6) is 0 Å². The molecule has 0 spiro atoms. The second-order valence-electron chi connectivity index (χ2n) is 2.54. The highest BCUT2D eigenvalue weighted by atomic mass is 16.7. The predicted octanol–water partition coefficient (Wildman–Crippen LogP) is 0.520. The van der Waals surface area contributed by atoms with Crippen LogP contribution in [-0.2, 0) is 9.47 Å². The van der Waals surface area contributed by atoms with Crippen molar-refractivity contribution in [2.45, 2.75) is 31.7 Å². The van der Waals surface area contributed by atoms with Crippen LogP contribution in [0.3, 0.4) is 0 Å². The largest absolute Gasteiger partial charge is 0.394 e. The second-order valence-corrected chi connectivity index (χ2v) is 2.54. The smallest absolute Gasteiger partial charge is 0.157 e. The van der Waals surface area contributed by atoms with Crippen molar-refractivity contribution >= 4 is 0 Å². The van der Waals surface area contributed by atoms with Gasteiger partial charge in [0.1, 0.15) is 0 Å². The maximum Gasteiger partial charge on any atom is 0.157 e. The first kappa shape index (κ1) is 7.98. The third-order valence-corrected chi connectivity index (χ3v) is 1.78. The highest BCUT2D eigenvalue weighted by Crippen LogP contribution is 2.18. The van der Waals surface area contributed by atoms with E-state index in [1.54, 1.807) is 7.11 Å². The minimum atomic E-state index is -0.0918. The van der Waals surface area contributed by atoms with Gasteiger partial charge in [0, 0.05) is 7.11 Å². The van der Waals surface area contributed by atoms with Gasteiger partial charge in [0.2, 0.25) is 0 Å². The molecule has 0 aromatic rings. The van der Waals surface area contributed by atoms with Gasteiger partial charge in [-0.2, -0.15) is 0 Å². The van der Waals surface area contributed by atoms with E-state index >= 15 is 0 Å². The van der Waals surface area contributed by atoms with Gasteiger partial charge in [-0.1, -0.05) is 0 Å². The van der Waals surface area contributed by atoms with E-state index in [0.717, 1.165) is 19.3 Å². The topological polar surface area (TPSA) is 38.7 Å². The fraction of sp³-hybridized carbons (Fsp3) is 1.00. The first-order valence-corrected chi connectivity index (χ1v) is 3.66. The third-order valence-electron chi connectivity index (χ3n) is 1.78. The fourth-order valence-electron chi connectivity index (χ4n) is 1.17. The molecule has 3 heteroatoms. The van der Waals surface area contributed by atoms with Crippen molar-refractivity contribution in [3.05, 3.63) is 0 Å². The molecule has 0 bridgehead atoms. The number of methoxy groups -OCH3 is 1. The normalized spacial score (nSPS) is 34.2. The Morgan fingerprint density at radius 1 is 1.60 bits per heavy atom. The van der Waals surface area contributed by atoms with E-state index in [4.69, 9.17) is 14.6 Å². The summed E-state index contributed by atoms with van der Waals surface area (Å²) in [6, 6.07) is 0. The van der Waals surface area contributed by atoms with Crippen LogP contribution in [0, 0.1) is 0 Å². The highest BCUT2D eigenvalue weighted by molar-refractivity contribution is 4.64. The average Bonchev–Trinajstić information content (AvgIpc) is 2.05. The molecule has 10 heavy (non-hydrogen) atoms. The van der Waals surface area contributed by atoms with Crippen molar-refractivity contribution in [2.24, 2.45) is 0 Å². The van der Waals surface area contributed by atoms with Crippen LogP contribution in [0.15, 0.2) is 0 Å². The number of aliphatic hydroxyl groups excluding tert-OH is 1. The lowest BCUT2D eigenvalue weighted by atomic mass is 10.1. The van der Waals surface area contributed by atoms with E-state index in [1.165, 1.54) is 0 Å². The molecular weight excluding hydrogens is 132 g/mol. The molecule has 0 aromatic heterocycles. The number of aliphatic hydroxyl groups is 1. The first-order chi connectivity index (χ1) is 4.86. The Hall–Kier alpha value is -0.120. The Balaban J connectivity index is 2.25. The molecule has 1 aliphatic heterocycles. The molecule has 0 aliphatic carbocycles. The van der Waals surface area contributed by atoms with Crippen LogP contribution in [0.4, 0.5) is 0 Å². The van der Waals surface area contributed by atoms with Crippen LogP contribution < -0.4 is 0 Å². The summed E-state index contributed by atoms with van der Waals surface area (Å²) in [6.07, 6.45) is 2.90. The molecule has 2 atom stereocenters. The monoisotopic (exact) mass is 146 g/mol. The van der Waals surface area contributed by atoms with Crippen LogP contribution in [0.25, 0.3) is 0 Å². The summed E-state index contributed by atoms with van der Waals surface area (Å²) in [5.74, 6) is 0. The summed E-state index contributed by atoms with van der Waals surface area (Å²) < 4.78 is 10.3. The zero-order valence-electron chi connectivity index (χ0n) is 6.25. The Labute approximate surface area is 60.9 Å². The molecule has 0 aromatic carbocycles. The zero-order chi connectivity index (χ0) is 7.40. The summed E-state index contributed by atoms with van der Waals surface area (Å²) in [4.78, 5) is 0. The minimum Gasteiger partial charge on any atom is -0.394 e. The van der Waals surface area contributed by atoms with E-state index in [-0.39, 0.29) is 19.0 Å². The van der Waals surface area contributed by atoms with Crippen LogP contribution in [-0.4, -0.2) is 31.2 Å². The fourth-order valence-corrected chi connectivity index (χ4v) is 1.17. The van der Waals surface area contributed by atoms with Gasteiger partial charge in [-0.05, 0) is 19.3 Å². The summed E-state index contributed by atoms with van der Waals surface area (Å²) in [5, 5.41) is 8.72. The highest BCUT2D eigenvalue weighted by Gasteiger charge is 2.20. The maximum atomic E-state index is 8.72. The van der Waals surface area contributed by atoms with Crippen LogP contribution >= 0.6 is 0 Å². The number of hydrogen-bond donors (Lipinski definition) is 1.